The maximum Gasteiger partial charge on any atom is 0.333 e. The average Bonchev–Trinajstić information content (AvgIpc) is 3.53. The van der Waals surface area contributed by atoms with Crippen molar-refractivity contribution in [1.82, 2.24) is 20.0 Å². The Morgan fingerprint density at radius 3 is 2.81 bits per heavy atom. The number of halogens is 2. The first-order valence-corrected chi connectivity index (χ1v) is 14.4. The van der Waals surface area contributed by atoms with E-state index in [-0.39, 0.29) is 30.0 Å². The topological polar surface area (TPSA) is 154 Å². The smallest absolute Gasteiger partial charge is 0.333 e. The molecule has 0 unspecified atom stereocenters. The van der Waals surface area contributed by atoms with Gasteiger partial charge in [0, 0.05) is 41.8 Å². The van der Waals surface area contributed by atoms with Gasteiger partial charge in [-0.3, -0.25) is 9.35 Å². The fourth-order valence-corrected chi connectivity index (χ4v) is 6.77. The molecule has 2 aliphatic rings. The van der Waals surface area contributed by atoms with Gasteiger partial charge in [0.2, 0.25) is 5.78 Å². The first-order valence-electron chi connectivity index (χ1n) is 11.4. The van der Waals surface area contributed by atoms with Crippen LogP contribution in [0.3, 0.4) is 0 Å². The predicted molar refractivity (Wildman–Crippen MR) is 141 cm³/mol. The lowest BCUT2D eigenvalue weighted by Gasteiger charge is -2.15. The Morgan fingerprint density at radius 1 is 1.22 bits per heavy atom. The third-order valence-electron chi connectivity index (χ3n) is 6.65. The largest absolute Gasteiger partial charge is 0.393 e. The fourth-order valence-electron chi connectivity index (χ4n) is 4.88. The minimum absolute atomic E-state index is 0.103. The number of aliphatic hydroxyl groups excluding tert-OH is 1. The quantitative estimate of drug-likeness (QED) is 0.198. The zero-order valence-electron chi connectivity index (χ0n) is 19.2. The molecule has 2 aromatic heterocycles. The number of aromatic nitrogens is 2. The molecule has 0 radical (unpaired) electrons. The first-order chi connectivity index (χ1) is 17.6. The molecule has 5 N–H and O–H groups in total. The van der Waals surface area contributed by atoms with E-state index in [9.17, 15) is 18.3 Å². The number of nitrogens with one attached hydrogen (secondary N) is 3. The van der Waals surface area contributed by atoms with Crippen molar-refractivity contribution in [3.63, 3.8) is 0 Å². The third kappa shape index (κ3) is 5.81. The molecular formula is C23H23Cl2N5O5S2. The van der Waals surface area contributed by atoms with E-state index in [1.54, 1.807) is 6.07 Å². The Bertz CT molecular complexity index is 1450. The summed E-state index contributed by atoms with van der Waals surface area (Å²) in [6.07, 6.45) is 2.68. The number of aliphatic hydroxyl groups is 1. The van der Waals surface area contributed by atoms with Gasteiger partial charge in [-0.15, -0.1) is 11.3 Å². The molecule has 1 aliphatic carbocycles. The van der Waals surface area contributed by atoms with Crippen LogP contribution in [0.2, 0.25) is 9.36 Å². The molecule has 37 heavy (non-hydrogen) atoms. The number of rotatable bonds is 8. The molecule has 1 saturated carbocycles. The van der Waals surface area contributed by atoms with Crippen molar-refractivity contribution in [3.8, 4) is 0 Å². The van der Waals surface area contributed by atoms with Crippen molar-refractivity contribution in [3.05, 3.63) is 73.3 Å². The Balaban J connectivity index is 1.34. The summed E-state index contributed by atoms with van der Waals surface area (Å²) >= 11 is 14.0. The summed E-state index contributed by atoms with van der Waals surface area (Å²) in [6, 6.07) is 7.04. The summed E-state index contributed by atoms with van der Waals surface area (Å²) in [4.78, 5) is 22.2. The van der Waals surface area contributed by atoms with Crippen molar-refractivity contribution in [2.24, 2.45) is 5.92 Å². The number of hydrogen-bond donors (Lipinski definition) is 5. The molecule has 1 aromatic carbocycles. The zero-order chi connectivity index (χ0) is 26.3. The number of thiophene rings is 1. The lowest BCUT2D eigenvalue weighted by molar-refractivity contribution is 0.104. The van der Waals surface area contributed by atoms with Crippen LogP contribution < -0.4 is 15.4 Å². The summed E-state index contributed by atoms with van der Waals surface area (Å²) in [5.41, 5.74) is 3.19. The lowest BCUT2D eigenvalue weighted by Crippen LogP contribution is -2.32. The first kappa shape index (κ1) is 26.4. The van der Waals surface area contributed by atoms with Gasteiger partial charge in [-0.25, -0.2) is 9.97 Å². The van der Waals surface area contributed by atoms with Crippen LogP contribution in [-0.2, 0) is 16.8 Å². The lowest BCUT2D eigenvalue weighted by atomic mass is 10.00. The molecule has 1 aliphatic heterocycles. The highest BCUT2D eigenvalue weighted by atomic mass is 35.5. The molecule has 4 atom stereocenters. The number of hydrogen-bond acceptors (Lipinski definition) is 9. The molecule has 0 spiro atoms. The van der Waals surface area contributed by atoms with Crippen LogP contribution in [0.1, 0.15) is 50.8 Å². The number of fused-ring (bicyclic) bond motifs is 1. The van der Waals surface area contributed by atoms with Gasteiger partial charge in [-0.05, 0) is 42.2 Å². The summed E-state index contributed by atoms with van der Waals surface area (Å²) in [6.45, 7) is 0.564. The van der Waals surface area contributed by atoms with E-state index in [2.05, 4.69) is 20.6 Å². The Hall–Kier alpha value is -2.16. The van der Waals surface area contributed by atoms with Crippen LogP contribution in [0, 0.1) is 5.92 Å². The van der Waals surface area contributed by atoms with Crippen molar-refractivity contribution in [2.45, 2.75) is 37.6 Å². The molecular weight excluding hydrogens is 561 g/mol. The van der Waals surface area contributed by atoms with Gasteiger partial charge in [0.15, 0.2) is 0 Å². The normalized spacial score (nSPS) is 23.2. The second-order valence-corrected chi connectivity index (χ2v) is 12.4. The highest BCUT2D eigenvalue weighted by molar-refractivity contribution is 7.83. The Kier molecular flexibility index (Phi) is 7.53. The van der Waals surface area contributed by atoms with Gasteiger partial charge >= 0.3 is 10.3 Å². The van der Waals surface area contributed by atoms with Crippen molar-refractivity contribution >= 4 is 56.4 Å². The SMILES string of the molecule is O=C(c1cc([C@H]2NCc3ccc(Cl)cc32)c(Cl)s1)c1cncnc1N[C@@H]1C[C@H](CNS(=O)(=O)O)[C@@H](O)C1. The number of carbonyl (C=O) groups is 1. The number of nitrogens with zero attached hydrogens (tertiary/aromatic N) is 2. The molecule has 0 saturated heterocycles. The number of benzene rings is 1. The Labute approximate surface area is 227 Å². The van der Waals surface area contributed by atoms with E-state index in [1.807, 2.05) is 22.9 Å². The van der Waals surface area contributed by atoms with Crippen LogP contribution in [0.25, 0.3) is 0 Å². The summed E-state index contributed by atoms with van der Waals surface area (Å²) in [5.74, 6) is -0.397. The van der Waals surface area contributed by atoms with Gasteiger partial charge in [-0.2, -0.15) is 13.1 Å². The highest BCUT2D eigenvalue weighted by Crippen LogP contribution is 2.40. The van der Waals surface area contributed by atoms with Gasteiger partial charge in [0.05, 0.1) is 26.9 Å². The van der Waals surface area contributed by atoms with E-state index >= 15 is 0 Å². The molecule has 10 nitrogen and oxygen atoms in total. The molecule has 0 bridgehead atoms. The molecule has 3 heterocycles. The second-order valence-electron chi connectivity index (χ2n) is 9.07. The van der Waals surface area contributed by atoms with Crippen molar-refractivity contribution < 1.29 is 22.9 Å². The number of ketones is 1. The second kappa shape index (κ2) is 10.5. The van der Waals surface area contributed by atoms with E-state index in [0.29, 0.717) is 39.4 Å². The summed E-state index contributed by atoms with van der Waals surface area (Å²) in [5, 5.41) is 17.6. The van der Waals surface area contributed by atoms with E-state index in [4.69, 9.17) is 27.8 Å². The van der Waals surface area contributed by atoms with Crippen LogP contribution in [0.4, 0.5) is 5.82 Å². The molecule has 3 aromatic rings. The van der Waals surface area contributed by atoms with Crippen molar-refractivity contribution in [1.29, 1.82) is 0 Å². The summed E-state index contributed by atoms with van der Waals surface area (Å²) < 4.78 is 33.4. The van der Waals surface area contributed by atoms with Crippen molar-refractivity contribution in [2.75, 3.05) is 11.9 Å². The fraction of sp³-hybridized carbons (Fsp3) is 0.348. The number of anilines is 1. The van der Waals surface area contributed by atoms with Crippen LogP contribution in [0.5, 0.6) is 0 Å². The van der Waals surface area contributed by atoms with Gasteiger partial charge in [0.1, 0.15) is 12.1 Å². The summed E-state index contributed by atoms with van der Waals surface area (Å²) in [7, 11) is -4.35. The monoisotopic (exact) mass is 583 g/mol. The predicted octanol–water partition coefficient (Wildman–Crippen LogP) is 3.21. The average molecular weight is 585 g/mol. The number of carbonyl (C=O) groups excluding carboxylic acids is 1. The molecule has 5 rings (SSSR count). The Morgan fingerprint density at radius 2 is 2.03 bits per heavy atom. The molecule has 1 fully saturated rings. The minimum Gasteiger partial charge on any atom is -0.393 e. The third-order valence-corrected chi connectivity index (χ3v) is 8.80. The van der Waals surface area contributed by atoms with Crippen LogP contribution >= 0.6 is 34.5 Å². The van der Waals surface area contributed by atoms with Gasteiger partial charge in [-0.1, -0.05) is 29.3 Å². The molecule has 14 heteroatoms. The standard InChI is InChI=1S/C23H23Cl2N5O5S2/c24-13-2-1-11-7-27-20(15(11)4-13)16-6-19(36-22(16)25)21(32)17-9-26-10-28-23(17)30-14-3-12(18(31)5-14)8-29-37(33,34)35/h1-2,4,6,9-10,12,14,18,20,27,29,31H,3,5,7-8H2,(H,26,28,30)(H,33,34,35)/t12-,14-,18+,20+/m1/s1. The highest BCUT2D eigenvalue weighted by Gasteiger charge is 2.35. The van der Waals surface area contributed by atoms with Crippen LogP contribution in [-0.4, -0.2) is 52.5 Å². The molecule has 0 amide bonds. The van der Waals surface area contributed by atoms with E-state index in [1.165, 1.54) is 23.9 Å². The zero-order valence-corrected chi connectivity index (χ0v) is 22.3. The maximum atomic E-state index is 13.5. The minimum atomic E-state index is -4.35. The van der Waals surface area contributed by atoms with E-state index < -0.39 is 22.3 Å². The van der Waals surface area contributed by atoms with Gasteiger partial charge < -0.3 is 15.7 Å². The molecule has 196 valence electrons. The maximum absolute atomic E-state index is 13.5. The van der Waals surface area contributed by atoms with E-state index in [0.717, 1.165) is 16.7 Å². The van der Waals surface area contributed by atoms with Gasteiger partial charge in [0.25, 0.3) is 0 Å². The van der Waals surface area contributed by atoms with Crippen LogP contribution in [0.15, 0.2) is 36.8 Å².